The molecule has 3 rings (SSSR count). The minimum Gasteiger partial charge on any atom is -0.143 e. The van der Waals surface area contributed by atoms with E-state index in [1.165, 1.54) is 115 Å². The van der Waals surface area contributed by atoms with Crippen molar-refractivity contribution < 1.29 is 0 Å². The summed E-state index contributed by atoms with van der Waals surface area (Å²) in [6, 6.07) is 8.08. The van der Waals surface area contributed by atoms with E-state index in [0.29, 0.717) is 0 Å². The zero-order valence-corrected chi connectivity index (χ0v) is 23.0. The molecule has 0 atom stereocenters. The van der Waals surface area contributed by atoms with Crippen LogP contribution >= 0.6 is 22.7 Å². The van der Waals surface area contributed by atoms with Crippen LogP contribution in [0.2, 0.25) is 12.1 Å². The van der Waals surface area contributed by atoms with E-state index in [1.54, 1.807) is 9.75 Å². The highest BCUT2D eigenvalue weighted by atomic mass is 32.1. The maximum absolute atomic E-state index is 2.54. The van der Waals surface area contributed by atoms with Crippen LogP contribution < -0.4 is 10.4 Å². The second kappa shape index (κ2) is 14.0. The molecule has 1 aliphatic rings. The summed E-state index contributed by atoms with van der Waals surface area (Å²) in [4.78, 5) is 3.33. The van der Waals surface area contributed by atoms with Gasteiger partial charge in [-0.1, -0.05) is 129 Å². The number of hydrogen-bond acceptors (Lipinski definition) is 2. The summed E-state index contributed by atoms with van der Waals surface area (Å²) in [6.45, 7) is 4.63. The maximum Gasteiger partial charge on any atom is 0.122 e. The average Bonchev–Trinajstić information content (AvgIpc) is 3.49. The molecular formula is C28H46S2Si. The van der Waals surface area contributed by atoms with Crippen LogP contribution in [0.1, 0.15) is 117 Å². The number of unbranched alkanes of at least 4 members (excludes halogenated alkanes) is 14. The van der Waals surface area contributed by atoms with Gasteiger partial charge >= 0.3 is 0 Å². The highest BCUT2D eigenvalue weighted by Gasteiger charge is 2.45. The minimum absolute atomic E-state index is 1.36. The van der Waals surface area contributed by atoms with Crippen LogP contribution in [-0.2, 0) is 0 Å². The van der Waals surface area contributed by atoms with Crippen LogP contribution in [0, 0.1) is 0 Å². The average molecular weight is 475 g/mol. The Labute approximate surface area is 201 Å². The quantitative estimate of drug-likeness (QED) is 0.149. The lowest BCUT2D eigenvalue weighted by atomic mass is 10.1. The van der Waals surface area contributed by atoms with Crippen LogP contribution in [0.4, 0.5) is 0 Å². The van der Waals surface area contributed by atoms with Crippen LogP contribution in [-0.4, -0.2) is 8.07 Å². The predicted octanol–water partition coefficient (Wildman–Crippen LogP) is 9.63. The van der Waals surface area contributed by atoms with Crippen molar-refractivity contribution in [3.63, 3.8) is 0 Å². The second-order valence-corrected chi connectivity index (χ2v) is 15.9. The first kappa shape index (κ1) is 25.2. The van der Waals surface area contributed by atoms with Gasteiger partial charge in [0.2, 0.25) is 0 Å². The largest absolute Gasteiger partial charge is 0.143 e. The van der Waals surface area contributed by atoms with Crippen molar-refractivity contribution in [2.24, 2.45) is 0 Å². The molecule has 3 heteroatoms. The molecule has 0 saturated carbocycles. The molecule has 0 nitrogen and oxygen atoms in total. The summed E-state index contributed by atoms with van der Waals surface area (Å²) in [6.07, 6.45) is 23.0. The van der Waals surface area contributed by atoms with Crippen LogP contribution in [0.5, 0.6) is 0 Å². The van der Waals surface area contributed by atoms with Gasteiger partial charge in [-0.3, -0.25) is 0 Å². The number of fused-ring (bicyclic) bond motifs is 3. The Balaban J connectivity index is 1.52. The van der Waals surface area contributed by atoms with E-state index in [0.717, 1.165) is 0 Å². The number of hydrogen-bond donors (Lipinski definition) is 0. The summed E-state index contributed by atoms with van der Waals surface area (Å²) >= 11 is 4.03. The van der Waals surface area contributed by atoms with Gasteiger partial charge in [0, 0.05) is 9.75 Å². The molecular weight excluding hydrogens is 429 g/mol. The molecule has 0 aromatic carbocycles. The lowest BCUT2D eigenvalue weighted by Crippen LogP contribution is -2.54. The summed E-state index contributed by atoms with van der Waals surface area (Å²) in [5.74, 6) is 0. The summed E-state index contributed by atoms with van der Waals surface area (Å²) in [7, 11) is -1.51. The number of rotatable bonds is 18. The second-order valence-electron chi connectivity index (χ2n) is 9.86. The third kappa shape index (κ3) is 6.80. The van der Waals surface area contributed by atoms with Crippen molar-refractivity contribution in [1.29, 1.82) is 0 Å². The van der Waals surface area contributed by atoms with Crippen molar-refractivity contribution in [3.8, 4) is 9.75 Å². The van der Waals surface area contributed by atoms with Crippen LogP contribution in [0.25, 0.3) is 9.75 Å². The topological polar surface area (TPSA) is 0 Å². The molecule has 174 valence electrons. The fourth-order valence-corrected chi connectivity index (χ4v) is 14.6. The normalized spacial score (nSPS) is 14.1. The Hall–Kier alpha value is -0.383. The van der Waals surface area contributed by atoms with E-state index in [2.05, 4.69) is 36.7 Å². The minimum atomic E-state index is -1.51. The van der Waals surface area contributed by atoms with Gasteiger partial charge in [-0.2, -0.15) is 0 Å². The molecule has 0 aliphatic carbocycles. The highest BCUT2D eigenvalue weighted by molar-refractivity contribution is 7.27. The molecule has 0 amide bonds. The van der Waals surface area contributed by atoms with Crippen molar-refractivity contribution in [1.82, 2.24) is 0 Å². The monoisotopic (exact) mass is 474 g/mol. The zero-order chi connectivity index (χ0) is 21.8. The molecule has 0 saturated heterocycles. The van der Waals surface area contributed by atoms with Crippen molar-refractivity contribution in [2.75, 3.05) is 0 Å². The molecule has 0 spiro atoms. The first-order valence-corrected chi connectivity index (χ1v) is 17.7. The third-order valence-corrected chi connectivity index (χ3v) is 15.1. The molecule has 2 aromatic heterocycles. The lowest BCUT2D eigenvalue weighted by Gasteiger charge is -2.29. The van der Waals surface area contributed by atoms with E-state index in [1.807, 2.05) is 33.0 Å². The predicted molar refractivity (Wildman–Crippen MR) is 147 cm³/mol. The third-order valence-electron chi connectivity index (χ3n) is 7.48. The molecule has 31 heavy (non-hydrogen) atoms. The number of thiophene rings is 2. The fourth-order valence-electron chi connectivity index (χ4n) is 5.65. The van der Waals surface area contributed by atoms with Gasteiger partial charge in [0.15, 0.2) is 0 Å². The smallest absolute Gasteiger partial charge is 0.122 e. The van der Waals surface area contributed by atoms with Gasteiger partial charge in [-0.25, -0.2) is 0 Å². The Kier molecular flexibility index (Phi) is 11.4. The molecule has 1 aliphatic heterocycles. The standard InChI is InChI=1S/C28H46S2Si/c1-3-5-7-9-11-13-15-17-23-31(24-18-16-14-12-10-8-6-4-2)25-19-21-29-27(25)28-26(31)20-22-30-28/h19-22H,3-18,23-24H2,1-2H3. The zero-order valence-electron chi connectivity index (χ0n) is 20.4. The Morgan fingerprint density at radius 2 is 0.871 bits per heavy atom. The Bertz CT molecular complexity index is 667. The van der Waals surface area contributed by atoms with Crippen molar-refractivity contribution in [2.45, 2.75) is 129 Å². The molecule has 0 fully saturated rings. The van der Waals surface area contributed by atoms with Crippen LogP contribution in [0.3, 0.4) is 0 Å². The molecule has 3 heterocycles. The molecule has 0 N–H and O–H groups in total. The van der Waals surface area contributed by atoms with Gasteiger partial charge in [0.05, 0.1) is 0 Å². The van der Waals surface area contributed by atoms with Gasteiger partial charge in [-0.05, 0) is 33.2 Å². The van der Waals surface area contributed by atoms with Crippen molar-refractivity contribution in [3.05, 3.63) is 22.9 Å². The first-order valence-electron chi connectivity index (χ1n) is 13.5. The van der Waals surface area contributed by atoms with Gasteiger partial charge in [0.1, 0.15) is 8.07 Å². The lowest BCUT2D eigenvalue weighted by molar-refractivity contribution is 0.580. The van der Waals surface area contributed by atoms with Gasteiger partial charge < -0.3 is 0 Å². The van der Waals surface area contributed by atoms with Crippen LogP contribution in [0.15, 0.2) is 22.9 Å². The van der Waals surface area contributed by atoms with E-state index in [-0.39, 0.29) is 0 Å². The SMILES string of the molecule is CCCCCCCCCC[Si]1(CCCCCCCCCC)c2ccsc2-c2sccc21. The molecule has 0 radical (unpaired) electrons. The fraction of sp³-hybridized carbons (Fsp3) is 0.714. The Morgan fingerprint density at radius 1 is 0.516 bits per heavy atom. The van der Waals surface area contributed by atoms with E-state index >= 15 is 0 Å². The first-order chi connectivity index (χ1) is 15.3. The summed E-state index contributed by atoms with van der Waals surface area (Å²) < 4.78 is 0. The molecule has 0 bridgehead atoms. The maximum atomic E-state index is 2.54. The molecule has 2 aromatic rings. The van der Waals surface area contributed by atoms with E-state index in [9.17, 15) is 0 Å². The summed E-state index contributed by atoms with van der Waals surface area (Å²) in [5.41, 5.74) is 0. The van der Waals surface area contributed by atoms with E-state index in [4.69, 9.17) is 0 Å². The Morgan fingerprint density at radius 3 is 1.26 bits per heavy atom. The van der Waals surface area contributed by atoms with Gasteiger partial charge in [-0.15, -0.1) is 22.7 Å². The van der Waals surface area contributed by atoms with Gasteiger partial charge in [0.25, 0.3) is 0 Å². The molecule has 0 unspecified atom stereocenters. The van der Waals surface area contributed by atoms with E-state index < -0.39 is 8.07 Å². The summed E-state index contributed by atoms with van der Waals surface area (Å²) in [5, 5.41) is 8.42. The highest BCUT2D eigenvalue weighted by Crippen LogP contribution is 2.40. The van der Waals surface area contributed by atoms with Crippen molar-refractivity contribution >= 4 is 41.1 Å².